The fraction of sp³-hybridized carbons (Fsp3) is 0.800. The van der Waals surface area contributed by atoms with Gasteiger partial charge in [0.05, 0.1) is 0 Å². The molecule has 1 aromatic carbocycles. The third-order valence-electron chi connectivity index (χ3n) is 7.52. The number of benzene rings is 1. The van der Waals surface area contributed by atoms with Crippen molar-refractivity contribution in [2.24, 2.45) is 0 Å². The molecule has 0 spiro atoms. The molecule has 0 unspecified atom stereocenters. The molecule has 6 N–H and O–H groups in total. The molecular weight excluding hydrogens is 472 g/mol. The van der Waals surface area contributed by atoms with Crippen LogP contribution in [-0.2, 0) is 13.1 Å². The van der Waals surface area contributed by atoms with E-state index in [1.54, 1.807) is 0 Å². The summed E-state index contributed by atoms with van der Waals surface area (Å²) in [7, 11) is 0. The SMILES string of the molecule is c1cc(CN2CCCNCCNCCNCCC2)ccc1CN1CCCNCCCNCCCNCCC1. The van der Waals surface area contributed by atoms with E-state index in [0.29, 0.717) is 0 Å². The summed E-state index contributed by atoms with van der Waals surface area (Å²) in [6.07, 6.45) is 7.28. The minimum Gasteiger partial charge on any atom is -0.317 e. The summed E-state index contributed by atoms with van der Waals surface area (Å²) in [5, 5.41) is 21.5. The first kappa shape index (κ1) is 31.4. The van der Waals surface area contributed by atoms with Crippen LogP contribution < -0.4 is 31.9 Å². The molecule has 0 amide bonds. The van der Waals surface area contributed by atoms with E-state index in [9.17, 15) is 0 Å². The molecule has 2 heterocycles. The molecule has 0 radical (unpaired) electrons. The Hall–Kier alpha value is -1.10. The van der Waals surface area contributed by atoms with Gasteiger partial charge < -0.3 is 31.9 Å². The van der Waals surface area contributed by atoms with Gasteiger partial charge in [-0.25, -0.2) is 0 Å². The minimum atomic E-state index is 1.05. The second-order valence-electron chi connectivity index (χ2n) is 11.0. The van der Waals surface area contributed by atoms with E-state index in [4.69, 9.17) is 0 Å². The molecule has 8 heteroatoms. The number of hydrogen-bond acceptors (Lipinski definition) is 8. The first-order valence-electron chi connectivity index (χ1n) is 15.7. The predicted molar refractivity (Wildman–Crippen MR) is 162 cm³/mol. The molecule has 3 rings (SSSR count). The molecule has 218 valence electrons. The first-order valence-corrected chi connectivity index (χ1v) is 15.7. The van der Waals surface area contributed by atoms with Crippen LogP contribution in [0.5, 0.6) is 0 Å². The van der Waals surface area contributed by atoms with Crippen molar-refractivity contribution in [3.8, 4) is 0 Å². The maximum atomic E-state index is 3.63. The molecule has 0 aromatic heterocycles. The van der Waals surface area contributed by atoms with Crippen LogP contribution in [-0.4, -0.2) is 115 Å². The van der Waals surface area contributed by atoms with Crippen molar-refractivity contribution in [2.45, 2.75) is 51.6 Å². The Morgan fingerprint density at radius 2 is 0.632 bits per heavy atom. The molecule has 0 bridgehead atoms. The maximum Gasteiger partial charge on any atom is 0.0233 e. The third kappa shape index (κ3) is 15.5. The van der Waals surface area contributed by atoms with Crippen LogP contribution in [0.2, 0.25) is 0 Å². The Morgan fingerprint density at radius 1 is 0.368 bits per heavy atom. The molecule has 0 saturated carbocycles. The molecule has 1 aromatic rings. The Balaban J connectivity index is 1.45. The normalized spacial score (nSPS) is 22.9. The van der Waals surface area contributed by atoms with Gasteiger partial charge in [0.25, 0.3) is 0 Å². The Morgan fingerprint density at radius 3 is 0.974 bits per heavy atom. The average Bonchev–Trinajstić information content (AvgIpc) is 2.93. The molecule has 2 fully saturated rings. The topological polar surface area (TPSA) is 78.7 Å². The fourth-order valence-corrected chi connectivity index (χ4v) is 5.30. The summed E-state index contributed by atoms with van der Waals surface area (Å²) in [5.74, 6) is 0. The molecule has 2 saturated heterocycles. The van der Waals surface area contributed by atoms with Gasteiger partial charge in [-0.3, -0.25) is 9.80 Å². The van der Waals surface area contributed by atoms with Crippen LogP contribution in [0.25, 0.3) is 0 Å². The molecule has 0 aliphatic carbocycles. The van der Waals surface area contributed by atoms with Crippen molar-refractivity contribution in [1.29, 1.82) is 0 Å². The van der Waals surface area contributed by atoms with E-state index in [1.165, 1.54) is 62.7 Å². The maximum absolute atomic E-state index is 3.63. The van der Waals surface area contributed by atoms with Crippen LogP contribution in [0, 0.1) is 0 Å². The summed E-state index contributed by atoms with van der Waals surface area (Å²) in [6.45, 7) is 19.9. The van der Waals surface area contributed by atoms with E-state index in [0.717, 1.165) is 105 Å². The molecular formula is C30H58N8. The van der Waals surface area contributed by atoms with Crippen LogP contribution in [0.1, 0.15) is 49.7 Å². The molecule has 38 heavy (non-hydrogen) atoms. The fourth-order valence-electron chi connectivity index (χ4n) is 5.30. The number of hydrogen-bond donors (Lipinski definition) is 6. The summed E-state index contributed by atoms with van der Waals surface area (Å²) >= 11 is 0. The zero-order valence-electron chi connectivity index (χ0n) is 24.2. The highest BCUT2D eigenvalue weighted by Crippen LogP contribution is 2.12. The lowest BCUT2D eigenvalue weighted by Gasteiger charge is -2.24. The second kappa shape index (κ2) is 21.7. The Labute approximate surface area is 233 Å². The monoisotopic (exact) mass is 530 g/mol. The highest BCUT2D eigenvalue weighted by atomic mass is 15.1. The number of rotatable bonds is 4. The van der Waals surface area contributed by atoms with Gasteiger partial charge in [-0.1, -0.05) is 24.3 Å². The van der Waals surface area contributed by atoms with Gasteiger partial charge >= 0.3 is 0 Å². The lowest BCUT2D eigenvalue weighted by Crippen LogP contribution is -2.36. The van der Waals surface area contributed by atoms with Crippen LogP contribution >= 0.6 is 0 Å². The summed E-state index contributed by atoms with van der Waals surface area (Å²) in [5.41, 5.74) is 2.88. The molecule has 2 aliphatic rings. The van der Waals surface area contributed by atoms with Crippen LogP contribution in [0.4, 0.5) is 0 Å². The lowest BCUT2D eigenvalue weighted by atomic mass is 10.1. The number of nitrogens with one attached hydrogen (secondary N) is 6. The van der Waals surface area contributed by atoms with E-state index in [-0.39, 0.29) is 0 Å². The van der Waals surface area contributed by atoms with Crippen molar-refractivity contribution < 1.29 is 0 Å². The van der Waals surface area contributed by atoms with Crippen molar-refractivity contribution in [2.75, 3.05) is 105 Å². The standard InChI is InChI=1S/C30H58N8/c1-11-31-12-2-14-33-16-4-24-37(23-3-15-32-13-1)27-29-7-9-30(10-8-29)28-38-25-5-17-34-19-21-36-22-20-35-18-6-26-38/h7-10,31-36H,1-6,11-28H2. The molecule has 2 aliphatic heterocycles. The quantitative estimate of drug-likeness (QED) is 0.347. The van der Waals surface area contributed by atoms with Gasteiger partial charge in [0.15, 0.2) is 0 Å². The summed E-state index contributed by atoms with van der Waals surface area (Å²) in [6, 6.07) is 9.49. The van der Waals surface area contributed by atoms with Crippen LogP contribution in [0.15, 0.2) is 24.3 Å². The van der Waals surface area contributed by atoms with E-state index < -0.39 is 0 Å². The predicted octanol–water partition coefficient (Wildman–Crippen LogP) is 1.20. The van der Waals surface area contributed by atoms with Crippen molar-refractivity contribution in [1.82, 2.24) is 41.7 Å². The van der Waals surface area contributed by atoms with Gasteiger partial charge in [-0.2, -0.15) is 0 Å². The highest BCUT2D eigenvalue weighted by Gasteiger charge is 2.09. The van der Waals surface area contributed by atoms with Crippen molar-refractivity contribution in [3.63, 3.8) is 0 Å². The summed E-state index contributed by atoms with van der Waals surface area (Å²) in [4.78, 5) is 5.30. The molecule has 8 nitrogen and oxygen atoms in total. The van der Waals surface area contributed by atoms with Gasteiger partial charge in [-0.15, -0.1) is 0 Å². The van der Waals surface area contributed by atoms with Crippen molar-refractivity contribution >= 4 is 0 Å². The smallest absolute Gasteiger partial charge is 0.0233 e. The van der Waals surface area contributed by atoms with E-state index >= 15 is 0 Å². The first-order chi connectivity index (χ1) is 18.9. The van der Waals surface area contributed by atoms with Gasteiger partial charge in [-0.05, 0) is 128 Å². The minimum absolute atomic E-state index is 1.05. The van der Waals surface area contributed by atoms with Gasteiger partial charge in [0.1, 0.15) is 0 Å². The number of nitrogens with zero attached hydrogens (tertiary/aromatic N) is 2. The van der Waals surface area contributed by atoms with E-state index in [2.05, 4.69) is 66.0 Å². The Bertz CT molecular complexity index is 641. The van der Waals surface area contributed by atoms with Crippen molar-refractivity contribution in [3.05, 3.63) is 35.4 Å². The largest absolute Gasteiger partial charge is 0.317 e. The van der Waals surface area contributed by atoms with E-state index in [1.807, 2.05) is 0 Å². The molecule has 0 atom stereocenters. The zero-order chi connectivity index (χ0) is 26.4. The Kier molecular flexibility index (Phi) is 17.9. The van der Waals surface area contributed by atoms with Gasteiger partial charge in [0, 0.05) is 39.3 Å². The lowest BCUT2D eigenvalue weighted by molar-refractivity contribution is 0.254. The van der Waals surface area contributed by atoms with Gasteiger partial charge in [0.2, 0.25) is 0 Å². The second-order valence-corrected chi connectivity index (χ2v) is 11.0. The average molecular weight is 531 g/mol. The highest BCUT2D eigenvalue weighted by molar-refractivity contribution is 5.22. The summed E-state index contributed by atoms with van der Waals surface area (Å²) < 4.78 is 0. The third-order valence-corrected chi connectivity index (χ3v) is 7.52. The zero-order valence-corrected chi connectivity index (χ0v) is 24.2. The van der Waals surface area contributed by atoms with Crippen LogP contribution in [0.3, 0.4) is 0 Å².